The molecule has 2 rings (SSSR count). The Morgan fingerprint density at radius 1 is 1.62 bits per heavy atom. The van der Waals surface area contributed by atoms with Gasteiger partial charge in [0.05, 0.1) is 12.2 Å². The molecule has 1 aliphatic carbocycles. The molecule has 0 aromatic carbocycles. The van der Waals surface area contributed by atoms with Gasteiger partial charge in [-0.05, 0) is 32.1 Å². The number of nitrogens with two attached hydrogens (primary N) is 1. The number of hydrogen-bond acceptors (Lipinski definition) is 3. The van der Waals surface area contributed by atoms with E-state index in [1.54, 1.807) is 0 Å². The second-order valence-corrected chi connectivity index (χ2v) is 4.71. The van der Waals surface area contributed by atoms with Crippen LogP contribution in [0.2, 0.25) is 0 Å². The Morgan fingerprint density at radius 3 is 2.69 bits per heavy atom. The maximum atomic E-state index is 10.4. The first-order valence-corrected chi connectivity index (χ1v) is 5.13. The summed E-state index contributed by atoms with van der Waals surface area (Å²) in [7, 11) is 0. The maximum absolute atomic E-state index is 10.4. The van der Waals surface area contributed by atoms with Gasteiger partial charge < -0.3 is 15.6 Å². The molecule has 0 bridgehead atoms. The van der Waals surface area contributed by atoms with Crippen molar-refractivity contribution in [3.63, 3.8) is 0 Å². The van der Waals surface area contributed by atoms with Crippen LogP contribution in [-0.2, 0) is 4.74 Å². The fourth-order valence-electron chi connectivity index (χ4n) is 2.45. The minimum atomic E-state index is -0.613. The van der Waals surface area contributed by atoms with E-state index in [2.05, 4.69) is 0 Å². The van der Waals surface area contributed by atoms with Crippen LogP contribution in [0.4, 0.5) is 0 Å². The first-order valence-electron chi connectivity index (χ1n) is 5.13. The van der Waals surface area contributed by atoms with Gasteiger partial charge in [0.15, 0.2) is 0 Å². The van der Waals surface area contributed by atoms with Crippen LogP contribution < -0.4 is 5.73 Å². The summed E-state index contributed by atoms with van der Waals surface area (Å²) in [5.41, 5.74) is 5.00. The van der Waals surface area contributed by atoms with Crippen LogP contribution in [0.5, 0.6) is 0 Å². The van der Waals surface area contributed by atoms with E-state index in [0.717, 1.165) is 25.9 Å². The summed E-state index contributed by atoms with van der Waals surface area (Å²) < 4.78 is 5.38. The Morgan fingerprint density at radius 2 is 2.31 bits per heavy atom. The molecule has 2 aliphatic rings. The molecule has 2 atom stereocenters. The van der Waals surface area contributed by atoms with E-state index in [9.17, 15) is 5.11 Å². The van der Waals surface area contributed by atoms with Crippen molar-refractivity contribution < 1.29 is 9.84 Å². The first-order chi connectivity index (χ1) is 6.12. The van der Waals surface area contributed by atoms with E-state index in [0.29, 0.717) is 19.1 Å². The van der Waals surface area contributed by atoms with Crippen LogP contribution in [0.3, 0.4) is 0 Å². The quantitative estimate of drug-likeness (QED) is 0.673. The first kappa shape index (κ1) is 9.44. The molecule has 3 nitrogen and oxygen atoms in total. The summed E-state index contributed by atoms with van der Waals surface area (Å²) >= 11 is 0. The SMILES string of the molecule is CC(O)(C1CC1)C1(CN)CCOC1. The molecule has 2 fully saturated rings. The summed E-state index contributed by atoms with van der Waals surface area (Å²) in [6.45, 7) is 3.86. The second-order valence-electron chi connectivity index (χ2n) is 4.71. The smallest absolute Gasteiger partial charge is 0.0738 e. The lowest BCUT2D eigenvalue weighted by Gasteiger charge is -2.41. The molecular weight excluding hydrogens is 166 g/mol. The van der Waals surface area contributed by atoms with Crippen LogP contribution in [0, 0.1) is 11.3 Å². The van der Waals surface area contributed by atoms with Crippen LogP contribution >= 0.6 is 0 Å². The molecule has 1 saturated carbocycles. The zero-order valence-electron chi connectivity index (χ0n) is 8.25. The molecular formula is C10H19NO2. The number of aliphatic hydroxyl groups is 1. The van der Waals surface area contributed by atoms with Crippen molar-refractivity contribution in [2.75, 3.05) is 19.8 Å². The standard InChI is InChI=1S/C10H19NO2/c1-9(12,8-2-3-8)10(6-11)4-5-13-7-10/h8,12H,2-7,11H2,1H3. The monoisotopic (exact) mass is 185 g/mol. The maximum Gasteiger partial charge on any atom is 0.0738 e. The van der Waals surface area contributed by atoms with Gasteiger partial charge in [-0.15, -0.1) is 0 Å². The fraction of sp³-hybridized carbons (Fsp3) is 1.00. The molecule has 0 radical (unpaired) electrons. The highest BCUT2D eigenvalue weighted by atomic mass is 16.5. The minimum Gasteiger partial charge on any atom is -0.389 e. The molecule has 3 N–H and O–H groups in total. The van der Waals surface area contributed by atoms with E-state index in [4.69, 9.17) is 10.5 Å². The Bertz CT molecular complexity index is 193. The number of rotatable bonds is 3. The van der Waals surface area contributed by atoms with Gasteiger partial charge >= 0.3 is 0 Å². The fourth-order valence-corrected chi connectivity index (χ4v) is 2.45. The zero-order valence-corrected chi connectivity index (χ0v) is 8.25. The van der Waals surface area contributed by atoms with Crippen molar-refractivity contribution >= 4 is 0 Å². The zero-order chi connectivity index (χ0) is 9.53. The number of ether oxygens (including phenoxy) is 1. The number of hydrogen-bond donors (Lipinski definition) is 2. The van der Waals surface area contributed by atoms with Crippen molar-refractivity contribution in [1.29, 1.82) is 0 Å². The van der Waals surface area contributed by atoms with Crippen LogP contribution in [0.15, 0.2) is 0 Å². The van der Waals surface area contributed by atoms with Crippen LogP contribution in [-0.4, -0.2) is 30.5 Å². The summed E-state index contributed by atoms with van der Waals surface area (Å²) in [6.07, 6.45) is 3.20. The lowest BCUT2D eigenvalue weighted by atomic mass is 9.69. The molecule has 0 aromatic rings. The Labute approximate surface area is 79.3 Å². The highest BCUT2D eigenvalue weighted by Crippen LogP contribution is 2.51. The minimum absolute atomic E-state index is 0.172. The molecule has 3 heteroatoms. The molecule has 0 aromatic heterocycles. The molecule has 0 spiro atoms. The lowest BCUT2D eigenvalue weighted by Crippen LogP contribution is -2.52. The summed E-state index contributed by atoms with van der Waals surface area (Å²) in [6, 6.07) is 0. The van der Waals surface area contributed by atoms with Crippen LogP contribution in [0.25, 0.3) is 0 Å². The summed E-state index contributed by atoms with van der Waals surface area (Å²) in [5, 5.41) is 10.4. The van der Waals surface area contributed by atoms with E-state index in [1.165, 1.54) is 0 Å². The highest BCUT2D eigenvalue weighted by molar-refractivity contribution is 5.06. The van der Waals surface area contributed by atoms with Gasteiger partial charge in [-0.3, -0.25) is 0 Å². The predicted octanol–water partition coefficient (Wildman–Crippen LogP) is 0.513. The molecule has 1 saturated heterocycles. The Balaban J connectivity index is 2.18. The van der Waals surface area contributed by atoms with E-state index >= 15 is 0 Å². The molecule has 1 aliphatic heterocycles. The summed E-state index contributed by atoms with van der Waals surface area (Å²) in [5.74, 6) is 0.456. The van der Waals surface area contributed by atoms with Gasteiger partial charge in [0.25, 0.3) is 0 Å². The van der Waals surface area contributed by atoms with Crippen LogP contribution in [0.1, 0.15) is 26.2 Å². The van der Waals surface area contributed by atoms with Gasteiger partial charge in [-0.25, -0.2) is 0 Å². The third kappa shape index (κ3) is 1.30. The van der Waals surface area contributed by atoms with Crippen molar-refractivity contribution in [3.8, 4) is 0 Å². The molecule has 2 unspecified atom stereocenters. The lowest BCUT2D eigenvalue weighted by molar-refractivity contribution is -0.0853. The third-order valence-corrected chi connectivity index (χ3v) is 3.94. The van der Waals surface area contributed by atoms with E-state index in [1.807, 2.05) is 6.92 Å². The molecule has 76 valence electrons. The molecule has 1 heterocycles. The van der Waals surface area contributed by atoms with Gasteiger partial charge in [0.1, 0.15) is 0 Å². The predicted molar refractivity (Wildman–Crippen MR) is 50.3 cm³/mol. The van der Waals surface area contributed by atoms with Gasteiger partial charge in [0, 0.05) is 18.6 Å². The third-order valence-electron chi connectivity index (χ3n) is 3.94. The second kappa shape index (κ2) is 2.94. The molecule has 13 heavy (non-hydrogen) atoms. The van der Waals surface area contributed by atoms with Gasteiger partial charge in [-0.1, -0.05) is 0 Å². The Kier molecular flexibility index (Phi) is 2.13. The average Bonchev–Trinajstić information content (AvgIpc) is 2.84. The topological polar surface area (TPSA) is 55.5 Å². The largest absolute Gasteiger partial charge is 0.389 e. The van der Waals surface area contributed by atoms with Crippen molar-refractivity contribution in [2.45, 2.75) is 31.8 Å². The average molecular weight is 185 g/mol. The summed E-state index contributed by atoms with van der Waals surface area (Å²) in [4.78, 5) is 0. The molecule has 0 amide bonds. The van der Waals surface area contributed by atoms with E-state index in [-0.39, 0.29) is 5.41 Å². The Hall–Kier alpha value is -0.120. The normalized spacial score (nSPS) is 39.0. The van der Waals surface area contributed by atoms with E-state index < -0.39 is 5.60 Å². The van der Waals surface area contributed by atoms with Gasteiger partial charge in [0.2, 0.25) is 0 Å². The highest BCUT2D eigenvalue weighted by Gasteiger charge is 2.55. The van der Waals surface area contributed by atoms with Crippen molar-refractivity contribution in [3.05, 3.63) is 0 Å². The van der Waals surface area contributed by atoms with Crippen molar-refractivity contribution in [2.24, 2.45) is 17.1 Å². The van der Waals surface area contributed by atoms with Crippen molar-refractivity contribution in [1.82, 2.24) is 0 Å². The van der Waals surface area contributed by atoms with Gasteiger partial charge in [-0.2, -0.15) is 0 Å².